The Kier molecular flexibility index (Phi) is 7.17. The molecule has 0 fully saturated rings. The maximum Gasteiger partial charge on any atom is 0.292 e. The molecule has 0 aromatic carbocycles. The van der Waals surface area contributed by atoms with Gasteiger partial charge in [-0.15, -0.1) is 0 Å². The van der Waals surface area contributed by atoms with E-state index in [-0.39, 0.29) is 5.56 Å². The van der Waals surface area contributed by atoms with Crippen LogP contribution in [-0.4, -0.2) is 56.5 Å². The van der Waals surface area contributed by atoms with Gasteiger partial charge >= 0.3 is 0 Å². The lowest BCUT2D eigenvalue weighted by atomic mass is 10.4. The molecule has 0 aliphatic carbocycles. The molecular weight excluding hydrogens is 246 g/mol. The second-order valence-corrected chi connectivity index (χ2v) is 4.42. The van der Waals surface area contributed by atoms with Crippen molar-refractivity contribution in [2.75, 3.05) is 47.0 Å². The summed E-state index contributed by atoms with van der Waals surface area (Å²) in [5.41, 5.74) is 5.20. The minimum Gasteiger partial charge on any atom is -0.487 e. The fraction of sp³-hybridized carbons (Fsp3) is 0.615. The van der Waals surface area contributed by atoms with Crippen LogP contribution in [0.4, 0.5) is 0 Å². The first-order chi connectivity index (χ1) is 9.15. The standard InChI is InChI=1S/C13H23N3O3/c1-15(2)7-11-19-12-4-3-6-16(13(12)17)8-10-18-9-5-14/h3-4,6H,5,7-11,14H2,1-2H3. The third-order valence-electron chi connectivity index (χ3n) is 2.52. The van der Waals surface area contributed by atoms with Crippen molar-refractivity contribution in [3.8, 4) is 5.75 Å². The van der Waals surface area contributed by atoms with Gasteiger partial charge in [-0.05, 0) is 26.2 Å². The zero-order valence-electron chi connectivity index (χ0n) is 11.7. The summed E-state index contributed by atoms with van der Waals surface area (Å²) in [7, 11) is 3.92. The zero-order chi connectivity index (χ0) is 14.1. The van der Waals surface area contributed by atoms with E-state index in [0.717, 1.165) is 6.54 Å². The van der Waals surface area contributed by atoms with E-state index in [1.807, 2.05) is 19.0 Å². The Morgan fingerprint density at radius 3 is 2.79 bits per heavy atom. The molecule has 0 atom stereocenters. The van der Waals surface area contributed by atoms with Crippen LogP contribution in [0, 0.1) is 0 Å². The van der Waals surface area contributed by atoms with E-state index < -0.39 is 0 Å². The second-order valence-electron chi connectivity index (χ2n) is 4.42. The molecule has 19 heavy (non-hydrogen) atoms. The van der Waals surface area contributed by atoms with E-state index in [4.69, 9.17) is 15.2 Å². The number of likely N-dealkylation sites (N-methyl/N-ethyl adjacent to an activating group) is 1. The van der Waals surface area contributed by atoms with Crippen LogP contribution in [0.2, 0.25) is 0 Å². The van der Waals surface area contributed by atoms with Crippen LogP contribution < -0.4 is 16.0 Å². The Balaban J connectivity index is 2.52. The number of ether oxygens (including phenoxy) is 2. The van der Waals surface area contributed by atoms with Gasteiger partial charge in [0, 0.05) is 25.8 Å². The summed E-state index contributed by atoms with van der Waals surface area (Å²) in [4.78, 5) is 14.1. The van der Waals surface area contributed by atoms with Gasteiger partial charge < -0.3 is 24.7 Å². The lowest BCUT2D eigenvalue weighted by Crippen LogP contribution is -2.26. The molecule has 0 amide bonds. The van der Waals surface area contributed by atoms with Crippen molar-refractivity contribution in [1.82, 2.24) is 9.47 Å². The molecule has 1 aromatic heterocycles. The molecule has 108 valence electrons. The predicted molar refractivity (Wildman–Crippen MR) is 74.6 cm³/mol. The number of aromatic nitrogens is 1. The van der Waals surface area contributed by atoms with Crippen molar-refractivity contribution in [2.24, 2.45) is 5.73 Å². The third kappa shape index (κ3) is 5.87. The smallest absolute Gasteiger partial charge is 0.292 e. The molecule has 0 saturated carbocycles. The first-order valence-electron chi connectivity index (χ1n) is 6.40. The molecule has 6 heteroatoms. The summed E-state index contributed by atoms with van der Waals surface area (Å²) in [5.74, 6) is 0.378. The van der Waals surface area contributed by atoms with E-state index in [2.05, 4.69) is 0 Å². The highest BCUT2D eigenvalue weighted by molar-refractivity contribution is 5.17. The zero-order valence-corrected chi connectivity index (χ0v) is 11.7. The lowest BCUT2D eigenvalue weighted by Gasteiger charge is -2.12. The van der Waals surface area contributed by atoms with Gasteiger partial charge in [0.05, 0.1) is 13.2 Å². The summed E-state index contributed by atoms with van der Waals surface area (Å²) in [6, 6.07) is 3.49. The predicted octanol–water partition coefficient (Wildman–Crippen LogP) is -0.236. The van der Waals surface area contributed by atoms with E-state index in [9.17, 15) is 4.79 Å². The Bertz CT molecular complexity index is 418. The van der Waals surface area contributed by atoms with Crippen molar-refractivity contribution in [3.63, 3.8) is 0 Å². The number of pyridine rings is 1. The third-order valence-corrected chi connectivity index (χ3v) is 2.52. The monoisotopic (exact) mass is 269 g/mol. The summed E-state index contributed by atoms with van der Waals surface area (Å²) in [5, 5.41) is 0. The van der Waals surface area contributed by atoms with Crippen LogP contribution in [0.1, 0.15) is 0 Å². The van der Waals surface area contributed by atoms with E-state index in [0.29, 0.717) is 38.7 Å². The molecule has 0 bridgehead atoms. The van der Waals surface area contributed by atoms with E-state index >= 15 is 0 Å². The molecule has 1 heterocycles. The highest BCUT2D eigenvalue weighted by Gasteiger charge is 2.04. The van der Waals surface area contributed by atoms with Gasteiger partial charge in [-0.1, -0.05) is 0 Å². The van der Waals surface area contributed by atoms with Gasteiger partial charge in [0.25, 0.3) is 5.56 Å². The van der Waals surface area contributed by atoms with Crippen LogP contribution in [0.25, 0.3) is 0 Å². The molecule has 0 aliphatic rings. The molecule has 2 N–H and O–H groups in total. The largest absolute Gasteiger partial charge is 0.487 e. The van der Waals surface area contributed by atoms with Gasteiger partial charge in [0.15, 0.2) is 5.75 Å². The van der Waals surface area contributed by atoms with Gasteiger partial charge in [0.1, 0.15) is 6.61 Å². The molecule has 1 rings (SSSR count). The Morgan fingerprint density at radius 2 is 2.11 bits per heavy atom. The minimum atomic E-state index is -0.127. The molecule has 0 spiro atoms. The molecule has 0 radical (unpaired) electrons. The molecule has 6 nitrogen and oxygen atoms in total. The molecule has 1 aromatic rings. The number of nitrogens with two attached hydrogens (primary N) is 1. The maximum absolute atomic E-state index is 12.1. The highest BCUT2D eigenvalue weighted by Crippen LogP contribution is 2.01. The summed E-state index contributed by atoms with van der Waals surface area (Å²) >= 11 is 0. The Morgan fingerprint density at radius 1 is 1.32 bits per heavy atom. The topological polar surface area (TPSA) is 69.7 Å². The van der Waals surface area contributed by atoms with Crippen molar-refractivity contribution in [2.45, 2.75) is 6.54 Å². The van der Waals surface area contributed by atoms with Crippen molar-refractivity contribution >= 4 is 0 Å². The van der Waals surface area contributed by atoms with Crippen molar-refractivity contribution in [3.05, 3.63) is 28.7 Å². The molecule has 0 unspecified atom stereocenters. The second kappa shape index (κ2) is 8.68. The number of rotatable bonds is 9. The van der Waals surface area contributed by atoms with Crippen LogP contribution >= 0.6 is 0 Å². The first kappa shape index (κ1) is 15.7. The van der Waals surface area contributed by atoms with Gasteiger partial charge in [-0.25, -0.2) is 0 Å². The fourth-order valence-corrected chi connectivity index (χ4v) is 1.49. The average molecular weight is 269 g/mol. The maximum atomic E-state index is 12.1. The van der Waals surface area contributed by atoms with Crippen LogP contribution in [0.15, 0.2) is 23.1 Å². The SMILES string of the molecule is CN(C)CCOc1cccn(CCOCCN)c1=O. The van der Waals surface area contributed by atoms with Gasteiger partial charge in [0.2, 0.25) is 0 Å². The van der Waals surface area contributed by atoms with E-state index in [1.54, 1.807) is 22.9 Å². The normalized spacial score (nSPS) is 10.9. The Hall–Kier alpha value is -1.37. The highest BCUT2D eigenvalue weighted by atomic mass is 16.5. The summed E-state index contributed by atoms with van der Waals surface area (Å²) in [6.07, 6.45) is 1.73. The summed E-state index contributed by atoms with van der Waals surface area (Å²) < 4.78 is 12.3. The van der Waals surface area contributed by atoms with Crippen LogP contribution in [0.3, 0.4) is 0 Å². The van der Waals surface area contributed by atoms with Crippen LogP contribution in [-0.2, 0) is 11.3 Å². The number of hydrogen-bond donors (Lipinski definition) is 1. The lowest BCUT2D eigenvalue weighted by molar-refractivity contribution is 0.132. The number of nitrogens with zero attached hydrogens (tertiary/aromatic N) is 2. The van der Waals surface area contributed by atoms with Crippen LogP contribution in [0.5, 0.6) is 5.75 Å². The van der Waals surface area contributed by atoms with Gasteiger partial charge in [-0.3, -0.25) is 4.79 Å². The molecule has 0 aliphatic heterocycles. The summed E-state index contributed by atoms with van der Waals surface area (Å²) in [6.45, 7) is 3.24. The average Bonchev–Trinajstić information content (AvgIpc) is 2.38. The van der Waals surface area contributed by atoms with Gasteiger partial charge in [-0.2, -0.15) is 0 Å². The van der Waals surface area contributed by atoms with E-state index in [1.165, 1.54) is 0 Å². The molecule has 0 saturated heterocycles. The first-order valence-corrected chi connectivity index (χ1v) is 6.40. The van der Waals surface area contributed by atoms with Crippen molar-refractivity contribution in [1.29, 1.82) is 0 Å². The van der Waals surface area contributed by atoms with Crippen molar-refractivity contribution < 1.29 is 9.47 Å². The quantitative estimate of drug-likeness (QED) is 0.627. The molecular formula is C13H23N3O3. The number of hydrogen-bond acceptors (Lipinski definition) is 5. The Labute approximate surface area is 113 Å². The minimum absolute atomic E-state index is 0.127. The fourth-order valence-electron chi connectivity index (χ4n) is 1.49.